The normalized spacial score (nSPS) is 13.4. The Labute approximate surface area is 327 Å². The minimum atomic E-state index is 0.562. The number of hydrogen-bond donors (Lipinski definition) is 0. The second kappa shape index (κ2) is 13.5. The number of fused-ring (bicyclic) bond motifs is 6. The Hall–Kier alpha value is -6.84. The van der Waals surface area contributed by atoms with Crippen molar-refractivity contribution in [3.63, 3.8) is 0 Å². The number of nitrogens with zero attached hydrogens (tertiary/aromatic N) is 3. The van der Waals surface area contributed by atoms with Crippen LogP contribution in [0.4, 0.5) is 17.1 Å². The van der Waals surface area contributed by atoms with Gasteiger partial charge in [-0.3, -0.25) is 0 Å². The zero-order valence-corrected chi connectivity index (χ0v) is 31.2. The van der Waals surface area contributed by atoms with Gasteiger partial charge in [0.05, 0.1) is 16.7 Å². The molecule has 0 unspecified atom stereocenters. The highest BCUT2D eigenvalue weighted by Gasteiger charge is 2.23. The lowest BCUT2D eigenvalue weighted by Gasteiger charge is -2.27. The Kier molecular flexibility index (Phi) is 7.84. The van der Waals surface area contributed by atoms with Crippen molar-refractivity contribution in [3.05, 3.63) is 194 Å². The second-order valence-electron chi connectivity index (χ2n) is 15.2. The fourth-order valence-corrected chi connectivity index (χ4v) is 9.44. The van der Waals surface area contributed by atoms with Gasteiger partial charge in [0.25, 0.3) is 0 Å². The van der Waals surface area contributed by atoms with Gasteiger partial charge < -0.3 is 14.0 Å². The number of para-hydroxylation sites is 3. The zero-order valence-electron chi connectivity index (χ0n) is 31.2. The first-order valence-corrected chi connectivity index (χ1v) is 20.0. The summed E-state index contributed by atoms with van der Waals surface area (Å²) < 4.78 is 5.04. The standard InChI is InChI=1S/C53H41N3/c1-3-14-37(15-4-1)38-26-31-43(32-27-38)54(50-24-13-25-51-53(50)47-21-10-12-23-49(47)55(51)41-16-5-2-6-17-41)44-33-28-39(29-34-44)40-30-35-46-45-20-9-11-22-48(45)56(52(46)36-40)42-18-7-8-19-42/h1-6,9-17,20-36,42H,7-8,18-19H2. The third-order valence-corrected chi connectivity index (χ3v) is 12.0. The van der Waals surface area contributed by atoms with E-state index in [1.165, 1.54) is 91.5 Å². The Morgan fingerprint density at radius 1 is 0.393 bits per heavy atom. The van der Waals surface area contributed by atoms with Crippen LogP contribution in [0.1, 0.15) is 31.7 Å². The van der Waals surface area contributed by atoms with E-state index in [0.29, 0.717) is 6.04 Å². The number of rotatable bonds is 7. The van der Waals surface area contributed by atoms with Crippen molar-refractivity contribution in [1.29, 1.82) is 0 Å². The molecule has 0 N–H and O–H groups in total. The van der Waals surface area contributed by atoms with Crippen molar-refractivity contribution in [2.45, 2.75) is 31.7 Å². The highest BCUT2D eigenvalue weighted by atomic mass is 15.1. The molecule has 0 radical (unpaired) electrons. The summed E-state index contributed by atoms with van der Waals surface area (Å²) in [4.78, 5) is 2.43. The third-order valence-electron chi connectivity index (χ3n) is 12.0. The van der Waals surface area contributed by atoms with E-state index >= 15 is 0 Å². The van der Waals surface area contributed by atoms with Crippen LogP contribution >= 0.6 is 0 Å². The molecule has 268 valence electrons. The summed E-state index contributed by atoms with van der Waals surface area (Å²) in [5.74, 6) is 0. The van der Waals surface area contributed by atoms with E-state index in [0.717, 1.165) is 22.7 Å². The number of benzene rings is 8. The zero-order chi connectivity index (χ0) is 37.0. The van der Waals surface area contributed by atoms with Gasteiger partial charge in [0.2, 0.25) is 0 Å². The molecule has 0 saturated heterocycles. The maximum Gasteiger partial charge on any atom is 0.0562 e. The van der Waals surface area contributed by atoms with Crippen molar-refractivity contribution in [2.75, 3.05) is 4.90 Å². The first-order chi connectivity index (χ1) is 27.8. The van der Waals surface area contributed by atoms with Crippen LogP contribution in [0.2, 0.25) is 0 Å². The van der Waals surface area contributed by atoms with Crippen LogP contribution in [0.5, 0.6) is 0 Å². The van der Waals surface area contributed by atoms with E-state index in [2.05, 4.69) is 208 Å². The molecular weight excluding hydrogens is 679 g/mol. The van der Waals surface area contributed by atoms with Gasteiger partial charge in [-0.15, -0.1) is 0 Å². The summed E-state index contributed by atoms with van der Waals surface area (Å²) in [6, 6.07) is 71.7. The van der Waals surface area contributed by atoms with Gasteiger partial charge >= 0.3 is 0 Å². The molecule has 0 aliphatic heterocycles. The first kappa shape index (κ1) is 32.6. The first-order valence-electron chi connectivity index (χ1n) is 20.0. The molecule has 0 atom stereocenters. The fourth-order valence-electron chi connectivity index (χ4n) is 9.44. The molecule has 1 aliphatic rings. The average molecular weight is 720 g/mol. The van der Waals surface area contributed by atoms with Gasteiger partial charge in [-0.1, -0.05) is 140 Å². The lowest BCUT2D eigenvalue weighted by molar-refractivity contribution is 0.550. The summed E-state index contributed by atoms with van der Waals surface area (Å²) in [6.45, 7) is 0. The lowest BCUT2D eigenvalue weighted by atomic mass is 10.0. The number of anilines is 3. The van der Waals surface area contributed by atoms with Gasteiger partial charge in [0, 0.05) is 55.7 Å². The van der Waals surface area contributed by atoms with Gasteiger partial charge in [0.15, 0.2) is 0 Å². The van der Waals surface area contributed by atoms with Crippen LogP contribution in [0.15, 0.2) is 194 Å². The molecule has 56 heavy (non-hydrogen) atoms. The summed E-state index contributed by atoms with van der Waals surface area (Å²) in [5, 5.41) is 5.16. The number of hydrogen-bond acceptors (Lipinski definition) is 1. The van der Waals surface area contributed by atoms with E-state index in [-0.39, 0.29) is 0 Å². The van der Waals surface area contributed by atoms with Gasteiger partial charge in [-0.05, 0) is 102 Å². The Bertz CT molecular complexity index is 3000. The maximum atomic E-state index is 2.64. The summed E-state index contributed by atoms with van der Waals surface area (Å²) in [7, 11) is 0. The molecule has 1 fully saturated rings. The Balaban J connectivity index is 1.07. The van der Waals surface area contributed by atoms with E-state index in [4.69, 9.17) is 0 Å². The van der Waals surface area contributed by atoms with Crippen molar-refractivity contribution >= 4 is 60.7 Å². The van der Waals surface area contributed by atoms with Crippen LogP contribution < -0.4 is 4.90 Å². The molecule has 1 saturated carbocycles. The van der Waals surface area contributed by atoms with Gasteiger partial charge in [-0.2, -0.15) is 0 Å². The summed E-state index contributed by atoms with van der Waals surface area (Å²) in [6.07, 6.45) is 5.13. The van der Waals surface area contributed by atoms with Crippen molar-refractivity contribution in [2.24, 2.45) is 0 Å². The minimum Gasteiger partial charge on any atom is -0.337 e. The highest BCUT2D eigenvalue weighted by Crippen LogP contribution is 2.45. The lowest BCUT2D eigenvalue weighted by Crippen LogP contribution is -2.10. The molecular formula is C53H41N3. The molecule has 2 heterocycles. The quantitative estimate of drug-likeness (QED) is 0.160. The predicted molar refractivity (Wildman–Crippen MR) is 237 cm³/mol. The molecule has 8 aromatic carbocycles. The minimum absolute atomic E-state index is 0.562. The average Bonchev–Trinajstić information content (AvgIpc) is 4.00. The predicted octanol–water partition coefficient (Wildman–Crippen LogP) is 14.8. The molecule has 1 aliphatic carbocycles. The fraction of sp³-hybridized carbons (Fsp3) is 0.0943. The molecule has 0 spiro atoms. The molecule has 3 heteroatoms. The molecule has 10 aromatic rings. The van der Waals surface area contributed by atoms with E-state index in [1.807, 2.05) is 0 Å². The SMILES string of the molecule is c1ccc(-c2ccc(N(c3ccc(-c4ccc5c6ccccc6n(C6CCCC6)c5c4)cc3)c3cccc4c3c3ccccc3n4-c3ccccc3)cc2)cc1. The summed E-state index contributed by atoms with van der Waals surface area (Å²) >= 11 is 0. The van der Waals surface area contributed by atoms with Gasteiger partial charge in [0.1, 0.15) is 0 Å². The van der Waals surface area contributed by atoms with Crippen molar-refractivity contribution in [1.82, 2.24) is 9.13 Å². The van der Waals surface area contributed by atoms with Crippen LogP contribution in [0, 0.1) is 0 Å². The van der Waals surface area contributed by atoms with Crippen molar-refractivity contribution < 1.29 is 0 Å². The van der Waals surface area contributed by atoms with E-state index in [1.54, 1.807) is 0 Å². The molecule has 2 aromatic heterocycles. The highest BCUT2D eigenvalue weighted by molar-refractivity contribution is 6.16. The topological polar surface area (TPSA) is 13.1 Å². The smallest absolute Gasteiger partial charge is 0.0562 e. The van der Waals surface area contributed by atoms with Crippen LogP contribution in [0.25, 0.3) is 71.6 Å². The van der Waals surface area contributed by atoms with Crippen LogP contribution in [0.3, 0.4) is 0 Å². The second-order valence-corrected chi connectivity index (χ2v) is 15.2. The Morgan fingerprint density at radius 2 is 0.929 bits per heavy atom. The largest absolute Gasteiger partial charge is 0.337 e. The van der Waals surface area contributed by atoms with E-state index in [9.17, 15) is 0 Å². The van der Waals surface area contributed by atoms with Crippen LogP contribution in [-0.2, 0) is 0 Å². The van der Waals surface area contributed by atoms with E-state index < -0.39 is 0 Å². The summed E-state index contributed by atoms with van der Waals surface area (Å²) in [5.41, 5.74) is 14.5. The number of aromatic nitrogens is 2. The van der Waals surface area contributed by atoms with Crippen LogP contribution in [-0.4, -0.2) is 9.13 Å². The van der Waals surface area contributed by atoms with Crippen molar-refractivity contribution in [3.8, 4) is 27.9 Å². The molecule has 3 nitrogen and oxygen atoms in total. The maximum absolute atomic E-state index is 2.64. The molecule has 0 bridgehead atoms. The van der Waals surface area contributed by atoms with Gasteiger partial charge in [-0.25, -0.2) is 0 Å². The Morgan fingerprint density at radius 3 is 1.64 bits per heavy atom. The monoisotopic (exact) mass is 719 g/mol. The third kappa shape index (κ3) is 5.34. The molecule has 11 rings (SSSR count). The molecule has 0 amide bonds.